The Hall–Kier alpha value is -2.34. The number of carbonyl (C=O) groups is 2. The topological polar surface area (TPSA) is 79.8 Å². The van der Waals surface area contributed by atoms with E-state index in [0.29, 0.717) is 19.6 Å². The van der Waals surface area contributed by atoms with Crippen molar-refractivity contribution in [2.45, 2.75) is 13.3 Å². The van der Waals surface area contributed by atoms with Gasteiger partial charge in [0, 0.05) is 37.1 Å². The molecule has 0 saturated carbocycles. The van der Waals surface area contributed by atoms with Gasteiger partial charge in [0.2, 0.25) is 11.8 Å². The predicted octanol–water partition coefficient (Wildman–Crippen LogP) is 1.16. The van der Waals surface area contributed by atoms with Gasteiger partial charge in [0.1, 0.15) is 5.58 Å². The largest absolute Gasteiger partial charge is 0.464 e. The quantitative estimate of drug-likeness (QED) is 0.916. The lowest BCUT2D eigenvalue weighted by molar-refractivity contribution is -0.131. The summed E-state index contributed by atoms with van der Waals surface area (Å²) in [6, 6.07) is 5.96. The Labute approximate surface area is 141 Å². The van der Waals surface area contributed by atoms with Crippen molar-refractivity contribution in [3.63, 3.8) is 0 Å². The maximum atomic E-state index is 12.7. The van der Waals surface area contributed by atoms with E-state index >= 15 is 0 Å². The number of nitrogens with zero attached hydrogens (tertiary/aromatic N) is 2. The number of fused-ring (bicyclic) bond motifs is 1. The molecular formula is C18H23N3O3. The van der Waals surface area contributed by atoms with Crippen LogP contribution < -0.4 is 5.73 Å². The van der Waals surface area contributed by atoms with Crippen molar-refractivity contribution in [3.8, 4) is 0 Å². The molecule has 1 aliphatic heterocycles. The van der Waals surface area contributed by atoms with Crippen molar-refractivity contribution in [2.24, 2.45) is 11.7 Å². The number of hydrogen-bond donors (Lipinski definition) is 1. The van der Waals surface area contributed by atoms with Gasteiger partial charge in [-0.05, 0) is 25.6 Å². The van der Waals surface area contributed by atoms with Crippen molar-refractivity contribution in [1.29, 1.82) is 0 Å². The number of aryl methyl sites for hydroxylation is 1. The van der Waals surface area contributed by atoms with E-state index in [-0.39, 0.29) is 24.2 Å². The highest BCUT2D eigenvalue weighted by atomic mass is 16.3. The molecule has 128 valence electrons. The lowest BCUT2D eigenvalue weighted by Crippen LogP contribution is -2.40. The molecule has 24 heavy (non-hydrogen) atoms. The Morgan fingerprint density at radius 2 is 2.08 bits per heavy atom. The molecule has 1 aliphatic rings. The molecule has 0 spiro atoms. The fraction of sp³-hybridized carbons (Fsp3) is 0.444. The Bertz CT molecular complexity index is 768. The Morgan fingerprint density at radius 1 is 1.29 bits per heavy atom. The van der Waals surface area contributed by atoms with Crippen LogP contribution in [0.25, 0.3) is 11.0 Å². The van der Waals surface area contributed by atoms with Crippen LogP contribution in [0.5, 0.6) is 0 Å². The second kappa shape index (κ2) is 6.65. The van der Waals surface area contributed by atoms with E-state index in [1.54, 1.807) is 11.2 Å². The van der Waals surface area contributed by atoms with Crippen LogP contribution in [-0.2, 0) is 16.0 Å². The van der Waals surface area contributed by atoms with Crippen molar-refractivity contribution in [2.75, 3.05) is 33.2 Å². The summed E-state index contributed by atoms with van der Waals surface area (Å²) in [4.78, 5) is 28.1. The number of amides is 2. The molecule has 3 rings (SSSR count). The van der Waals surface area contributed by atoms with Gasteiger partial charge in [0.25, 0.3) is 0 Å². The summed E-state index contributed by atoms with van der Waals surface area (Å²) >= 11 is 0. The zero-order valence-electron chi connectivity index (χ0n) is 14.1. The van der Waals surface area contributed by atoms with Gasteiger partial charge in [0.15, 0.2) is 0 Å². The molecule has 0 radical (unpaired) electrons. The number of furan rings is 1. The molecule has 2 aromatic rings. The molecule has 0 bridgehead atoms. The minimum Gasteiger partial charge on any atom is -0.464 e. The number of nitrogens with two attached hydrogens (primary N) is 1. The molecular weight excluding hydrogens is 306 g/mol. The highest BCUT2D eigenvalue weighted by Gasteiger charge is 2.27. The molecule has 2 amide bonds. The molecule has 1 fully saturated rings. The predicted molar refractivity (Wildman–Crippen MR) is 91.4 cm³/mol. The average molecular weight is 329 g/mol. The first-order valence-corrected chi connectivity index (χ1v) is 8.16. The minimum absolute atomic E-state index is 0.000162. The Morgan fingerprint density at radius 3 is 2.83 bits per heavy atom. The van der Waals surface area contributed by atoms with E-state index in [9.17, 15) is 9.59 Å². The van der Waals surface area contributed by atoms with Gasteiger partial charge in [-0.1, -0.05) is 12.1 Å². The van der Waals surface area contributed by atoms with Gasteiger partial charge in [-0.15, -0.1) is 0 Å². The van der Waals surface area contributed by atoms with E-state index < -0.39 is 0 Å². The van der Waals surface area contributed by atoms with Crippen LogP contribution in [0, 0.1) is 12.8 Å². The number of benzene rings is 1. The number of primary amides is 1. The smallest absolute Gasteiger partial charge is 0.227 e. The summed E-state index contributed by atoms with van der Waals surface area (Å²) < 4.78 is 5.57. The normalized spacial score (nSPS) is 19.4. The summed E-state index contributed by atoms with van der Waals surface area (Å²) in [7, 11) is 1.94. The molecule has 0 unspecified atom stereocenters. The van der Waals surface area contributed by atoms with Gasteiger partial charge < -0.3 is 20.0 Å². The SMILES string of the molecule is Cc1ccc2c(CC(=O)N3CCN(C)C[C@@H](C(N)=O)C3)coc2c1. The van der Waals surface area contributed by atoms with Crippen LogP contribution in [0.1, 0.15) is 11.1 Å². The summed E-state index contributed by atoms with van der Waals surface area (Å²) in [6.45, 7) is 4.32. The lowest BCUT2D eigenvalue weighted by Gasteiger charge is -2.22. The molecule has 1 atom stereocenters. The van der Waals surface area contributed by atoms with E-state index in [4.69, 9.17) is 10.2 Å². The Kier molecular flexibility index (Phi) is 4.57. The molecule has 1 saturated heterocycles. The van der Waals surface area contributed by atoms with Crippen LogP contribution in [0.2, 0.25) is 0 Å². The molecule has 6 nitrogen and oxygen atoms in total. The zero-order chi connectivity index (χ0) is 17.3. The fourth-order valence-electron chi connectivity index (χ4n) is 3.18. The first kappa shape index (κ1) is 16.5. The fourth-order valence-corrected chi connectivity index (χ4v) is 3.18. The first-order chi connectivity index (χ1) is 11.4. The summed E-state index contributed by atoms with van der Waals surface area (Å²) in [5.74, 6) is -0.684. The second-order valence-electron chi connectivity index (χ2n) is 6.64. The number of likely N-dealkylation sites (N-methyl/N-ethyl adjacent to an activating group) is 1. The van der Waals surface area contributed by atoms with Crippen molar-refractivity contribution in [3.05, 3.63) is 35.6 Å². The molecule has 2 N–H and O–H groups in total. The molecule has 1 aromatic heterocycles. The van der Waals surface area contributed by atoms with Crippen molar-refractivity contribution in [1.82, 2.24) is 9.80 Å². The minimum atomic E-state index is -0.356. The van der Waals surface area contributed by atoms with Crippen LogP contribution >= 0.6 is 0 Å². The molecule has 1 aromatic carbocycles. The third kappa shape index (κ3) is 3.43. The van der Waals surface area contributed by atoms with Gasteiger partial charge in [-0.25, -0.2) is 0 Å². The number of rotatable bonds is 3. The van der Waals surface area contributed by atoms with Crippen molar-refractivity contribution < 1.29 is 14.0 Å². The van der Waals surface area contributed by atoms with Crippen molar-refractivity contribution >= 4 is 22.8 Å². The second-order valence-corrected chi connectivity index (χ2v) is 6.64. The van der Waals surface area contributed by atoms with Crippen LogP contribution in [0.15, 0.2) is 28.9 Å². The zero-order valence-corrected chi connectivity index (χ0v) is 14.1. The van der Waals surface area contributed by atoms with E-state index in [2.05, 4.69) is 0 Å². The molecule has 6 heteroatoms. The third-order valence-corrected chi connectivity index (χ3v) is 4.63. The van der Waals surface area contributed by atoms with E-state index in [1.807, 2.05) is 37.1 Å². The first-order valence-electron chi connectivity index (χ1n) is 8.16. The van der Waals surface area contributed by atoms with Gasteiger partial charge in [-0.2, -0.15) is 0 Å². The Balaban J connectivity index is 1.76. The standard InChI is InChI=1S/C18H23N3O3/c1-12-3-4-15-13(11-24-16(15)7-12)8-17(22)21-6-5-20(2)9-14(10-21)18(19)23/h3-4,7,11,14H,5-6,8-10H2,1-2H3,(H2,19,23)/t14-/m1/s1. The van der Waals surface area contributed by atoms with E-state index in [0.717, 1.165) is 28.6 Å². The van der Waals surface area contributed by atoms with Crippen LogP contribution in [0.4, 0.5) is 0 Å². The molecule has 0 aliphatic carbocycles. The van der Waals surface area contributed by atoms with Gasteiger partial charge >= 0.3 is 0 Å². The summed E-state index contributed by atoms with van der Waals surface area (Å²) in [5, 5.41) is 0.965. The third-order valence-electron chi connectivity index (χ3n) is 4.63. The molecule has 2 heterocycles. The summed E-state index contributed by atoms with van der Waals surface area (Å²) in [6.07, 6.45) is 1.92. The highest BCUT2D eigenvalue weighted by molar-refractivity contribution is 5.88. The summed E-state index contributed by atoms with van der Waals surface area (Å²) in [5.41, 5.74) is 8.26. The highest BCUT2D eigenvalue weighted by Crippen LogP contribution is 2.23. The van der Waals surface area contributed by atoms with E-state index in [1.165, 1.54) is 0 Å². The maximum absolute atomic E-state index is 12.7. The maximum Gasteiger partial charge on any atom is 0.227 e. The monoisotopic (exact) mass is 329 g/mol. The van der Waals surface area contributed by atoms with Crippen LogP contribution in [0.3, 0.4) is 0 Å². The van der Waals surface area contributed by atoms with Gasteiger partial charge in [-0.3, -0.25) is 9.59 Å². The average Bonchev–Trinajstić information content (AvgIpc) is 2.79. The van der Waals surface area contributed by atoms with Gasteiger partial charge in [0.05, 0.1) is 18.6 Å². The van der Waals surface area contributed by atoms with Crippen LogP contribution in [-0.4, -0.2) is 54.8 Å². The number of hydrogen-bond acceptors (Lipinski definition) is 4. The lowest BCUT2D eigenvalue weighted by atomic mass is 10.1. The number of carbonyl (C=O) groups excluding carboxylic acids is 2.